The van der Waals surface area contributed by atoms with Gasteiger partial charge in [0, 0.05) is 11.6 Å². The summed E-state index contributed by atoms with van der Waals surface area (Å²) < 4.78 is 1.61. The molecule has 21 heavy (non-hydrogen) atoms. The van der Waals surface area contributed by atoms with Crippen molar-refractivity contribution in [2.45, 2.75) is 26.7 Å². The van der Waals surface area contributed by atoms with Gasteiger partial charge in [0.1, 0.15) is 0 Å². The fourth-order valence-electron chi connectivity index (χ4n) is 2.56. The monoisotopic (exact) mass is 279 g/mol. The van der Waals surface area contributed by atoms with Crippen LogP contribution in [0.5, 0.6) is 0 Å². The molecule has 0 N–H and O–H groups in total. The number of hydrogen-bond donors (Lipinski definition) is 0. The largest absolute Gasteiger partial charge is 0.268 e. The van der Waals surface area contributed by atoms with Gasteiger partial charge in [-0.05, 0) is 41.5 Å². The summed E-state index contributed by atoms with van der Waals surface area (Å²) in [6, 6.07) is 9.58. The number of rotatable bonds is 2. The third kappa shape index (κ3) is 2.23. The lowest BCUT2D eigenvalue weighted by atomic mass is 9.98. The molecule has 0 radical (unpaired) electrons. The molecule has 0 unspecified atom stereocenters. The molecular formula is C17H17N3O. The molecule has 4 heteroatoms. The van der Waals surface area contributed by atoms with Crippen LogP contribution in [0.4, 0.5) is 0 Å². The molecule has 0 saturated heterocycles. The van der Waals surface area contributed by atoms with Gasteiger partial charge in [-0.1, -0.05) is 32.0 Å². The summed E-state index contributed by atoms with van der Waals surface area (Å²) in [6.45, 7) is 6.18. The Balaban J connectivity index is 2.43. The first kappa shape index (κ1) is 13.5. The maximum Gasteiger partial charge on any atom is 0.264 e. The molecule has 106 valence electrons. The molecule has 1 aromatic carbocycles. The van der Waals surface area contributed by atoms with Gasteiger partial charge in [0.2, 0.25) is 0 Å². The van der Waals surface area contributed by atoms with Gasteiger partial charge in [0.15, 0.2) is 5.82 Å². The van der Waals surface area contributed by atoms with Crippen molar-refractivity contribution < 1.29 is 0 Å². The molecule has 2 heterocycles. The molecule has 2 aromatic heterocycles. The Hall–Kier alpha value is -2.49. The highest BCUT2D eigenvalue weighted by molar-refractivity contribution is 5.85. The van der Waals surface area contributed by atoms with Crippen LogP contribution in [0, 0.1) is 6.92 Å². The summed E-state index contributed by atoms with van der Waals surface area (Å²) >= 11 is 0. The zero-order valence-corrected chi connectivity index (χ0v) is 12.4. The van der Waals surface area contributed by atoms with Crippen LogP contribution in [-0.4, -0.2) is 14.8 Å². The molecule has 0 spiro atoms. The Morgan fingerprint density at radius 2 is 1.81 bits per heavy atom. The van der Waals surface area contributed by atoms with E-state index in [1.165, 1.54) is 0 Å². The fraction of sp³-hybridized carbons (Fsp3) is 0.235. The van der Waals surface area contributed by atoms with Crippen molar-refractivity contribution in [2.75, 3.05) is 0 Å². The molecule has 0 aliphatic carbocycles. The predicted molar refractivity (Wildman–Crippen MR) is 84.0 cm³/mol. The van der Waals surface area contributed by atoms with Crippen LogP contribution in [0.1, 0.15) is 30.9 Å². The summed E-state index contributed by atoms with van der Waals surface area (Å²) in [4.78, 5) is 12.8. The van der Waals surface area contributed by atoms with Gasteiger partial charge in [-0.25, -0.2) is 0 Å². The third-order valence-electron chi connectivity index (χ3n) is 3.70. The first-order valence-corrected chi connectivity index (χ1v) is 7.02. The van der Waals surface area contributed by atoms with Crippen LogP contribution in [-0.2, 0) is 0 Å². The Bertz CT molecular complexity index is 865. The molecule has 0 aliphatic rings. The van der Waals surface area contributed by atoms with Crippen molar-refractivity contribution >= 4 is 10.8 Å². The van der Waals surface area contributed by atoms with Crippen LogP contribution < -0.4 is 5.56 Å². The maximum absolute atomic E-state index is 12.8. The molecule has 0 fully saturated rings. The zero-order valence-electron chi connectivity index (χ0n) is 12.4. The Morgan fingerprint density at radius 1 is 1.10 bits per heavy atom. The smallest absolute Gasteiger partial charge is 0.264 e. The number of fused-ring (bicyclic) bond motifs is 1. The maximum atomic E-state index is 12.8. The molecule has 0 aliphatic heterocycles. The average Bonchev–Trinajstić information content (AvgIpc) is 2.48. The minimum Gasteiger partial charge on any atom is -0.268 e. The van der Waals surface area contributed by atoms with Gasteiger partial charge in [0.25, 0.3) is 5.56 Å². The van der Waals surface area contributed by atoms with E-state index in [1.807, 2.05) is 43.5 Å². The number of benzene rings is 1. The van der Waals surface area contributed by atoms with Crippen molar-refractivity contribution in [2.24, 2.45) is 0 Å². The van der Waals surface area contributed by atoms with Crippen LogP contribution in [0.25, 0.3) is 16.6 Å². The van der Waals surface area contributed by atoms with E-state index in [2.05, 4.69) is 24.0 Å². The minimum atomic E-state index is -0.0569. The first-order chi connectivity index (χ1) is 10.1. The van der Waals surface area contributed by atoms with E-state index in [-0.39, 0.29) is 5.56 Å². The normalized spacial score (nSPS) is 11.2. The van der Waals surface area contributed by atoms with Crippen LogP contribution in [0.3, 0.4) is 0 Å². The van der Waals surface area contributed by atoms with Crippen molar-refractivity contribution in [3.05, 3.63) is 64.2 Å². The van der Waals surface area contributed by atoms with E-state index >= 15 is 0 Å². The Morgan fingerprint density at radius 3 is 2.48 bits per heavy atom. The van der Waals surface area contributed by atoms with Gasteiger partial charge < -0.3 is 0 Å². The zero-order chi connectivity index (χ0) is 15.0. The number of nitrogens with zero attached hydrogens (tertiary/aromatic N) is 3. The summed E-state index contributed by atoms with van der Waals surface area (Å²) in [5.41, 5.74) is 2.01. The SMILES string of the molecule is Cc1ccnnc1-n1cc(C(C)C)c2ccccc2c1=O. The van der Waals surface area contributed by atoms with Gasteiger partial charge in [-0.2, -0.15) is 5.10 Å². The molecule has 0 saturated carbocycles. The number of aromatic nitrogens is 3. The Kier molecular flexibility index (Phi) is 3.29. The standard InChI is InChI=1S/C17H17N3O/c1-11(2)15-10-20(16-12(3)8-9-18-19-16)17(21)14-7-5-4-6-13(14)15/h4-11H,1-3H3. The van der Waals surface area contributed by atoms with Crippen LogP contribution in [0.15, 0.2) is 47.5 Å². The van der Waals surface area contributed by atoms with E-state index in [9.17, 15) is 4.79 Å². The lowest BCUT2D eigenvalue weighted by molar-refractivity contribution is 0.824. The molecule has 0 amide bonds. The molecule has 3 rings (SSSR count). The minimum absolute atomic E-state index is 0.0569. The number of aryl methyl sites for hydroxylation is 1. The average molecular weight is 279 g/mol. The van der Waals surface area contributed by atoms with Gasteiger partial charge >= 0.3 is 0 Å². The second-order valence-corrected chi connectivity index (χ2v) is 5.50. The van der Waals surface area contributed by atoms with E-state index in [0.717, 1.165) is 16.5 Å². The molecule has 0 bridgehead atoms. The number of hydrogen-bond acceptors (Lipinski definition) is 3. The third-order valence-corrected chi connectivity index (χ3v) is 3.70. The van der Waals surface area contributed by atoms with Crippen LogP contribution >= 0.6 is 0 Å². The highest BCUT2D eigenvalue weighted by Crippen LogP contribution is 2.24. The van der Waals surface area contributed by atoms with E-state index < -0.39 is 0 Å². The van der Waals surface area contributed by atoms with E-state index in [1.54, 1.807) is 10.8 Å². The van der Waals surface area contributed by atoms with Gasteiger partial charge in [-0.3, -0.25) is 9.36 Å². The summed E-state index contributed by atoms with van der Waals surface area (Å²) in [7, 11) is 0. The first-order valence-electron chi connectivity index (χ1n) is 7.02. The topological polar surface area (TPSA) is 47.8 Å². The molecule has 3 aromatic rings. The second kappa shape index (κ2) is 5.13. The quantitative estimate of drug-likeness (QED) is 0.723. The van der Waals surface area contributed by atoms with Crippen LogP contribution in [0.2, 0.25) is 0 Å². The van der Waals surface area contributed by atoms with Gasteiger partial charge in [0.05, 0.1) is 6.20 Å². The predicted octanol–water partition coefficient (Wildman–Crippen LogP) is 3.21. The summed E-state index contributed by atoms with van der Waals surface area (Å²) in [6.07, 6.45) is 3.53. The highest BCUT2D eigenvalue weighted by atomic mass is 16.1. The summed E-state index contributed by atoms with van der Waals surface area (Å²) in [5, 5.41) is 9.76. The van der Waals surface area contributed by atoms with E-state index in [0.29, 0.717) is 17.1 Å². The fourth-order valence-corrected chi connectivity index (χ4v) is 2.56. The number of pyridine rings is 1. The van der Waals surface area contributed by atoms with Crippen molar-refractivity contribution in [1.82, 2.24) is 14.8 Å². The summed E-state index contributed by atoms with van der Waals surface area (Å²) in [5.74, 6) is 0.911. The van der Waals surface area contributed by atoms with E-state index in [4.69, 9.17) is 0 Å². The van der Waals surface area contributed by atoms with Gasteiger partial charge in [-0.15, -0.1) is 5.10 Å². The second-order valence-electron chi connectivity index (χ2n) is 5.50. The molecular weight excluding hydrogens is 262 g/mol. The van der Waals surface area contributed by atoms with Crippen molar-refractivity contribution in [3.63, 3.8) is 0 Å². The lowest BCUT2D eigenvalue weighted by Crippen LogP contribution is -2.21. The van der Waals surface area contributed by atoms with Crippen molar-refractivity contribution in [1.29, 1.82) is 0 Å². The molecule has 4 nitrogen and oxygen atoms in total. The molecule has 0 atom stereocenters. The highest BCUT2D eigenvalue weighted by Gasteiger charge is 2.13. The van der Waals surface area contributed by atoms with Crippen molar-refractivity contribution in [3.8, 4) is 5.82 Å². The lowest BCUT2D eigenvalue weighted by Gasteiger charge is -2.14. The Labute approximate surface area is 123 Å².